The maximum absolute atomic E-state index is 6.48. The zero-order chi connectivity index (χ0) is 12.6. The summed E-state index contributed by atoms with van der Waals surface area (Å²) < 4.78 is 6.09. The van der Waals surface area contributed by atoms with Gasteiger partial charge >= 0.3 is 0 Å². The van der Waals surface area contributed by atoms with Gasteiger partial charge in [-0.05, 0) is 38.5 Å². The molecule has 1 aromatic heterocycles. The number of thiazole rings is 1. The van der Waals surface area contributed by atoms with Crippen LogP contribution < -0.4 is 5.73 Å². The fraction of sp³-hybridized carbons (Fsp3) is 0.786. The summed E-state index contributed by atoms with van der Waals surface area (Å²) in [4.78, 5) is 5.60. The summed E-state index contributed by atoms with van der Waals surface area (Å²) in [5.41, 5.74) is 9.67. The molecule has 1 aliphatic heterocycles. The van der Waals surface area contributed by atoms with Crippen LogP contribution in [0.25, 0.3) is 0 Å². The van der Waals surface area contributed by atoms with Crippen LogP contribution in [0.4, 0.5) is 0 Å². The third-order valence-electron chi connectivity index (χ3n) is 4.64. The lowest BCUT2D eigenvalue weighted by Crippen LogP contribution is -2.40. The van der Waals surface area contributed by atoms with Crippen molar-refractivity contribution < 1.29 is 4.74 Å². The van der Waals surface area contributed by atoms with E-state index in [1.165, 1.54) is 30.6 Å². The Hall–Kier alpha value is -0.450. The number of hydrogen-bond acceptors (Lipinski definition) is 4. The molecule has 2 fully saturated rings. The predicted octanol–water partition coefficient (Wildman–Crippen LogP) is 3.19. The molecule has 1 saturated heterocycles. The number of nitrogens with two attached hydrogens (primary N) is 1. The lowest BCUT2D eigenvalue weighted by Gasteiger charge is -2.40. The molecule has 3 rings (SSSR count). The quantitative estimate of drug-likeness (QED) is 0.894. The van der Waals surface area contributed by atoms with Crippen molar-refractivity contribution in [2.75, 3.05) is 6.61 Å². The summed E-state index contributed by atoms with van der Waals surface area (Å²) in [6.07, 6.45) is 7.35. The zero-order valence-electron chi connectivity index (χ0n) is 11.0. The average molecular weight is 266 g/mol. The summed E-state index contributed by atoms with van der Waals surface area (Å²) in [6, 6.07) is 0.152. The Bertz CT molecular complexity index is 412. The van der Waals surface area contributed by atoms with Crippen LogP contribution in [0.3, 0.4) is 0 Å². The molecular formula is C14H22N2OS. The van der Waals surface area contributed by atoms with E-state index in [0.717, 1.165) is 25.1 Å². The van der Waals surface area contributed by atoms with E-state index in [9.17, 15) is 0 Å². The maximum Gasteiger partial charge on any atom is 0.0798 e. The van der Waals surface area contributed by atoms with Crippen LogP contribution in [0.2, 0.25) is 0 Å². The third-order valence-corrected chi connectivity index (χ3v) is 5.67. The van der Waals surface area contributed by atoms with Crippen LogP contribution in [0, 0.1) is 12.8 Å². The van der Waals surface area contributed by atoms with Gasteiger partial charge in [-0.1, -0.05) is 12.8 Å². The summed E-state index contributed by atoms with van der Waals surface area (Å²) in [7, 11) is 0. The minimum atomic E-state index is 0.152. The number of hydrogen-bond donors (Lipinski definition) is 1. The van der Waals surface area contributed by atoms with Crippen molar-refractivity contribution in [2.24, 2.45) is 11.7 Å². The van der Waals surface area contributed by atoms with Crippen LogP contribution in [-0.4, -0.2) is 17.2 Å². The molecule has 1 aromatic rings. The van der Waals surface area contributed by atoms with E-state index >= 15 is 0 Å². The van der Waals surface area contributed by atoms with Gasteiger partial charge in [0.25, 0.3) is 0 Å². The van der Waals surface area contributed by atoms with Gasteiger partial charge in [-0.3, -0.25) is 0 Å². The van der Waals surface area contributed by atoms with E-state index in [1.807, 2.05) is 5.51 Å². The molecule has 2 heterocycles. The Labute approximate surface area is 113 Å². The molecule has 4 heteroatoms. The minimum Gasteiger partial charge on any atom is -0.375 e. The van der Waals surface area contributed by atoms with Gasteiger partial charge in [0.05, 0.1) is 16.8 Å². The van der Waals surface area contributed by atoms with Crippen LogP contribution in [0.5, 0.6) is 0 Å². The zero-order valence-corrected chi connectivity index (χ0v) is 11.8. The predicted molar refractivity (Wildman–Crippen MR) is 73.7 cm³/mol. The van der Waals surface area contributed by atoms with E-state index < -0.39 is 0 Å². The Balaban J connectivity index is 1.74. The molecule has 2 atom stereocenters. The Kier molecular flexibility index (Phi) is 3.43. The summed E-state index contributed by atoms with van der Waals surface area (Å²) >= 11 is 1.71. The highest BCUT2D eigenvalue weighted by Gasteiger charge is 2.41. The normalized spacial score (nSPS) is 28.7. The van der Waals surface area contributed by atoms with Crippen LogP contribution >= 0.6 is 11.3 Å². The van der Waals surface area contributed by atoms with Crippen LogP contribution in [-0.2, 0) is 4.74 Å². The van der Waals surface area contributed by atoms with Gasteiger partial charge in [0.15, 0.2) is 0 Å². The summed E-state index contributed by atoms with van der Waals surface area (Å²) in [5, 5.41) is 0. The largest absolute Gasteiger partial charge is 0.375 e. The van der Waals surface area contributed by atoms with Gasteiger partial charge in [-0.2, -0.15) is 0 Å². The highest BCUT2D eigenvalue weighted by Crippen LogP contribution is 2.45. The molecule has 3 nitrogen and oxygen atoms in total. The van der Waals surface area contributed by atoms with Gasteiger partial charge in [0.1, 0.15) is 0 Å². The smallest absolute Gasteiger partial charge is 0.0798 e. The van der Waals surface area contributed by atoms with Crippen molar-refractivity contribution in [1.29, 1.82) is 0 Å². The second kappa shape index (κ2) is 4.91. The molecular weight excluding hydrogens is 244 g/mol. The first kappa shape index (κ1) is 12.6. The fourth-order valence-electron chi connectivity index (χ4n) is 3.58. The first-order valence-electron chi connectivity index (χ1n) is 7.00. The van der Waals surface area contributed by atoms with E-state index in [-0.39, 0.29) is 11.6 Å². The van der Waals surface area contributed by atoms with Crippen molar-refractivity contribution in [3.8, 4) is 0 Å². The van der Waals surface area contributed by atoms with E-state index in [0.29, 0.717) is 5.92 Å². The molecule has 2 N–H and O–H groups in total. The number of nitrogens with zero attached hydrogens (tertiary/aromatic N) is 1. The van der Waals surface area contributed by atoms with E-state index in [2.05, 4.69) is 11.9 Å². The molecule has 18 heavy (non-hydrogen) atoms. The van der Waals surface area contributed by atoms with Crippen LogP contribution in [0.1, 0.15) is 55.1 Å². The van der Waals surface area contributed by atoms with Crippen molar-refractivity contribution >= 4 is 11.3 Å². The Morgan fingerprint density at radius 2 is 2.28 bits per heavy atom. The number of aromatic nitrogens is 1. The fourth-order valence-corrected chi connectivity index (χ4v) is 4.48. The standard InChI is InChI=1S/C14H22N2OS/c1-10-13(18-9-16-10)12(15)11-4-7-17-14(8-11)5-2-3-6-14/h9,11-12H,2-8,15H2,1H3. The molecule has 0 aromatic carbocycles. The number of rotatable bonds is 2. The second-order valence-electron chi connectivity index (χ2n) is 5.82. The molecule has 0 bridgehead atoms. The second-order valence-corrected chi connectivity index (χ2v) is 6.71. The molecule has 1 saturated carbocycles. The van der Waals surface area contributed by atoms with Gasteiger partial charge in [-0.25, -0.2) is 4.98 Å². The molecule has 0 amide bonds. The van der Waals surface area contributed by atoms with Crippen molar-refractivity contribution in [2.45, 2.75) is 57.1 Å². The first-order chi connectivity index (χ1) is 8.70. The third kappa shape index (κ3) is 2.22. The van der Waals surface area contributed by atoms with Crippen LogP contribution in [0.15, 0.2) is 5.51 Å². The monoisotopic (exact) mass is 266 g/mol. The maximum atomic E-state index is 6.48. The average Bonchev–Trinajstić information content (AvgIpc) is 2.98. The van der Waals surface area contributed by atoms with E-state index in [4.69, 9.17) is 10.5 Å². The van der Waals surface area contributed by atoms with Gasteiger partial charge < -0.3 is 10.5 Å². The molecule has 100 valence electrons. The van der Waals surface area contributed by atoms with Gasteiger partial charge in [0, 0.05) is 17.5 Å². The highest BCUT2D eigenvalue weighted by atomic mass is 32.1. The number of aryl methyl sites for hydroxylation is 1. The molecule has 2 unspecified atom stereocenters. The molecule has 1 aliphatic carbocycles. The number of ether oxygens (including phenoxy) is 1. The minimum absolute atomic E-state index is 0.152. The molecule has 0 radical (unpaired) electrons. The van der Waals surface area contributed by atoms with Crippen molar-refractivity contribution in [3.05, 3.63) is 16.1 Å². The highest BCUT2D eigenvalue weighted by molar-refractivity contribution is 7.09. The summed E-state index contributed by atoms with van der Waals surface area (Å²) in [5.74, 6) is 0.566. The van der Waals surface area contributed by atoms with Crippen molar-refractivity contribution in [3.63, 3.8) is 0 Å². The Morgan fingerprint density at radius 1 is 1.50 bits per heavy atom. The lowest BCUT2D eigenvalue weighted by atomic mass is 9.80. The lowest BCUT2D eigenvalue weighted by molar-refractivity contribution is -0.0962. The van der Waals surface area contributed by atoms with Gasteiger partial charge in [-0.15, -0.1) is 11.3 Å². The van der Waals surface area contributed by atoms with Crippen molar-refractivity contribution in [1.82, 2.24) is 4.98 Å². The Morgan fingerprint density at radius 3 is 2.94 bits per heavy atom. The summed E-state index contributed by atoms with van der Waals surface area (Å²) in [6.45, 7) is 2.95. The van der Waals surface area contributed by atoms with Gasteiger partial charge in [0.2, 0.25) is 0 Å². The topological polar surface area (TPSA) is 48.1 Å². The molecule has 2 aliphatic rings. The van der Waals surface area contributed by atoms with E-state index in [1.54, 1.807) is 11.3 Å². The SMILES string of the molecule is Cc1ncsc1C(N)C1CCOC2(CCCC2)C1. The first-order valence-corrected chi connectivity index (χ1v) is 7.88. The molecule has 1 spiro atoms.